The van der Waals surface area contributed by atoms with Crippen LogP contribution in [-0.4, -0.2) is 46.9 Å². The molecule has 3 aromatic rings. The molecule has 0 fully saturated rings. The number of thiophene rings is 1. The molecule has 0 radical (unpaired) electrons. The number of nitrogens with one attached hydrogen (secondary N) is 3. The highest BCUT2D eigenvalue weighted by Crippen LogP contribution is 2.43. The van der Waals surface area contributed by atoms with Gasteiger partial charge >= 0.3 is 5.97 Å². The zero-order valence-corrected chi connectivity index (χ0v) is 19.6. The number of rotatable bonds is 3. The minimum Gasteiger partial charge on any atom is -0.462 e. The number of nitrogens with zero attached hydrogens (tertiary/aromatic N) is 3. The molecule has 3 N–H and O–H groups in total. The Labute approximate surface area is 198 Å². The molecule has 4 heterocycles. The summed E-state index contributed by atoms with van der Waals surface area (Å²) in [6, 6.07) is 4.08. The predicted octanol–water partition coefficient (Wildman–Crippen LogP) is 4.15. The third-order valence-electron chi connectivity index (χ3n) is 5.48. The average molecular weight is 485 g/mol. The molecular formula is C22H21ClN6O3S. The molecule has 0 spiro atoms. The van der Waals surface area contributed by atoms with E-state index in [0.717, 1.165) is 33.4 Å². The maximum absolute atomic E-state index is 12.6. The maximum atomic E-state index is 12.6. The summed E-state index contributed by atoms with van der Waals surface area (Å²) in [4.78, 5) is 38.0. The van der Waals surface area contributed by atoms with Gasteiger partial charge in [0, 0.05) is 41.0 Å². The van der Waals surface area contributed by atoms with E-state index in [0.29, 0.717) is 23.7 Å². The van der Waals surface area contributed by atoms with Gasteiger partial charge in [-0.3, -0.25) is 4.79 Å². The number of amides is 1. The second-order valence-electron chi connectivity index (χ2n) is 7.80. The largest absolute Gasteiger partial charge is 0.462 e. The summed E-state index contributed by atoms with van der Waals surface area (Å²) in [6.45, 7) is 4.61. The topological polar surface area (TPSA) is 118 Å². The lowest BCUT2D eigenvalue weighted by Gasteiger charge is -2.21. The molecule has 2 aromatic heterocycles. The maximum Gasteiger partial charge on any atom is 0.342 e. The Morgan fingerprint density at radius 1 is 1.36 bits per heavy atom. The molecule has 5 rings (SSSR count). The fourth-order valence-corrected chi connectivity index (χ4v) is 5.29. The van der Waals surface area contributed by atoms with E-state index in [4.69, 9.17) is 16.3 Å². The van der Waals surface area contributed by atoms with Gasteiger partial charge in [0.05, 0.1) is 12.3 Å². The monoisotopic (exact) mass is 484 g/mol. The van der Waals surface area contributed by atoms with Gasteiger partial charge in [0.15, 0.2) is 0 Å². The highest BCUT2D eigenvalue weighted by Gasteiger charge is 2.27. The van der Waals surface area contributed by atoms with Crippen LogP contribution in [0.4, 0.5) is 17.3 Å². The summed E-state index contributed by atoms with van der Waals surface area (Å²) in [6.07, 6.45) is 2.71. The second-order valence-corrected chi connectivity index (χ2v) is 9.22. The van der Waals surface area contributed by atoms with Gasteiger partial charge in [-0.25, -0.2) is 9.78 Å². The first-order valence-corrected chi connectivity index (χ1v) is 11.8. The standard InChI is InChI=1S/C22H21ClN6O3S/c1-3-32-21(31)12-9-25-22(29-19(12)23)28-15-7-4-11-13(27-15)5-6-14-16(11)17-18(33-14)20(30)26-10(2)8-24-17/h5-6,9-10,24H,3-4,7-8H2,1-2H3,(H,26,30)(H,25,27,28,29)/t10-/m1/s1. The van der Waals surface area contributed by atoms with Gasteiger partial charge in [-0.1, -0.05) is 11.6 Å². The van der Waals surface area contributed by atoms with Crippen molar-refractivity contribution < 1.29 is 14.3 Å². The highest BCUT2D eigenvalue weighted by molar-refractivity contribution is 7.21. The van der Waals surface area contributed by atoms with E-state index < -0.39 is 5.97 Å². The van der Waals surface area contributed by atoms with Gasteiger partial charge in [0.1, 0.15) is 21.4 Å². The summed E-state index contributed by atoms with van der Waals surface area (Å²) in [5, 5.41) is 10.9. The van der Waals surface area contributed by atoms with Crippen molar-refractivity contribution in [3.63, 3.8) is 0 Å². The summed E-state index contributed by atoms with van der Waals surface area (Å²) < 4.78 is 6.02. The summed E-state index contributed by atoms with van der Waals surface area (Å²) in [5.41, 5.74) is 3.09. The smallest absolute Gasteiger partial charge is 0.342 e. The van der Waals surface area contributed by atoms with E-state index in [1.807, 2.05) is 19.1 Å². The Morgan fingerprint density at radius 2 is 2.21 bits per heavy atom. The molecule has 2 aliphatic rings. The van der Waals surface area contributed by atoms with Gasteiger partial charge in [-0.15, -0.1) is 11.3 Å². The van der Waals surface area contributed by atoms with Crippen molar-refractivity contribution in [1.29, 1.82) is 0 Å². The van der Waals surface area contributed by atoms with Crippen LogP contribution in [0.1, 0.15) is 45.9 Å². The van der Waals surface area contributed by atoms with Crippen LogP contribution in [-0.2, 0) is 11.2 Å². The van der Waals surface area contributed by atoms with Crippen molar-refractivity contribution in [2.45, 2.75) is 32.7 Å². The predicted molar refractivity (Wildman–Crippen MR) is 129 cm³/mol. The number of carbonyl (C=O) groups excluding carboxylic acids is 2. The van der Waals surface area contributed by atoms with Crippen molar-refractivity contribution in [3.05, 3.63) is 39.5 Å². The number of esters is 1. The number of benzene rings is 1. The van der Waals surface area contributed by atoms with Gasteiger partial charge in [-0.05, 0) is 38.0 Å². The molecule has 2 aliphatic heterocycles. The molecule has 1 amide bonds. The number of aliphatic imine (C=N–C) groups is 1. The first-order chi connectivity index (χ1) is 15.9. The van der Waals surface area contributed by atoms with Crippen molar-refractivity contribution in [2.75, 3.05) is 23.8 Å². The molecule has 0 saturated heterocycles. The number of anilines is 2. The summed E-state index contributed by atoms with van der Waals surface area (Å²) >= 11 is 7.64. The Kier molecular flexibility index (Phi) is 5.63. The SMILES string of the molecule is CCOC(=O)c1cnc(/N=C2\CCc3c(ccc4sc5c(c34)NC[C@@H](C)NC5=O)N2)nc1Cl. The van der Waals surface area contributed by atoms with Crippen molar-refractivity contribution in [3.8, 4) is 0 Å². The van der Waals surface area contributed by atoms with Crippen LogP contribution >= 0.6 is 22.9 Å². The molecule has 0 saturated carbocycles. The van der Waals surface area contributed by atoms with Crippen LogP contribution in [0.25, 0.3) is 10.1 Å². The molecule has 170 valence electrons. The fourth-order valence-electron chi connectivity index (χ4n) is 3.98. The molecule has 0 bridgehead atoms. The lowest BCUT2D eigenvalue weighted by atomic mass is 9.98. The Bertz CT molecular complexity index is 1320. The van der Waals surface area contributed by atoms with Crippen LogP contribution in [0.5, 0.6) is 0 Å². The number of hydrogen-bond acceptors (Lipinski definition) is 8. The molecule has 1 aromatic carbocycles. The number of fused-ring (bicyclic) bond motifs is 5. The van der Waals surface area contributed by atoms with Gasteiger partial charge in [0.2, 0.25) is 0 Å². The van der Waals surface area contributed by atoms with E-state index in [2.05, 4.69) is 30.9 Å². The third-order valence-corrected chi connectivity index (χ3v) is 6.92. The second kappa shape index (κ2) is 8.60. The van der Waals surface area contributed by atoms with Crippen molar-refractivity contribution in [2.24, 2.45) is 4.99 Å². The number of carbonyl (C=O) groups is 2. The number of halogens is 1. The van der Waals surface area contributed by atoms with Crippen LogP contribution in [0.15, 0.2) is 23.3 Å². The lowest BCUT2D eigenvalue weighted by molar-refractivity contribution is 0.0525. The van der Waals surface area contributed by atoms with Crippen LogP contribution in [0, 0.1) is 0 Å². The Morgan fingerprint density at radius 3 is 3.00 bits per heavy atom. The number of hydrogen-bond donors (Lipinski definition) is 3. The van der Waals surface area contributed by atoms with Crippen molar-refractivity contribution >= 4 is 68.1 Å². The summed E-state index contributed by atoms with van der Waals surface area (Å²) in [5.74, 6) is 0.255. The zero-order valence-electron chi connectivity index (χ0n) is 18.0. The molecule has 11 heteroatoms. The Balaban J connectivity index is 1.45. The van der Waals surface area contributed by atoms with E-state index in [9.17, 15) is 9.59 Å². The normalized spacial score (nSPS) is 18.6. The van der Waals surface area contributed by atoms with Crippen LogP contribution in [0.3, 0.4) is 0 Å². The number of aryl methyl sites for hydroxylation is 1. The summed E-state index contributed by atoms with van der Waals surface area (Å²) in [7, 11) is 0. The van der Waals surface area contributed by atoms with E-state index in [1.165, 1.54) is 17.5 Å². The Hall–Kier alpha value is -3.24. The number of amidine groups is 1. The van der Waals surface area contributed by atoms with Gasteiger partial charge in [0.25, 0.3) is 11.9 Å². The molecule has 33 heavy (non-hydrogen) atoms. The van der Waals surface area contributed by atoms with E-state index in [-0.39, 0.29) is 35.2 Å². The number of ether oxygens (including phenoxy) is 1. The highest BCUT2D eigenvalue weighted by atomic mass is 35.5. The zero-order chi connectivity index (χ0) is 23.1. The van der Waals surface area contributed by atoms with Crippen molar-refractivity contribution in [1.82, 2.24) is 15.3 Å². The molecule has 9 nitrogen and oxygen atoms in total. The third kappa shape index (κ3) is 4.00. The van der Waals surface area contributed by atoms with Crippen LogP contribution < -0.4 is 16.0 Å². The van der Waals surface area contributed by atoms with Gasteiger partial charge < -0.3 is 20.7 Å². The first kappa shape index (κ1) is 21.6. The minimum absolute atomic E-state index is 0.000244. The molecule has 1 atom stereocenters. The molecule has 0 aliphatic carbocycles. The van der Waals surface area contributed by atoms with E-state index in [1.54, 1.807) is 6.92 Å². The lowest BCUT2D eigenvalue weighted by Crippen LogP contribution is -2.34. The quantitative estimate of drug-likeness (QED) is 0.377. The minimum atomic E-state index is -0.568. The average Bonchev–Trinajstić information content (AvgIpc) is 3.10. The van der Waals surface area contributed by atoms with Gasteiger partial charge in [-0.2, -0.15) is 9.98 Å². The number of aromatic nitrogens is 2. The first-order valence-electron chi connectivity index (χ1n) is 10.6. The van der Waals surface area contributed by atoms with E-state index >= 15 is 0 Å². The molecular weight excluding hydrogens is 464 g/mol. The van der Waals surface area contributed by atoms with Crippen LogP contribution in [0.2, 0.25) is 5.15 Å². The molecule has 0 unspecified atom stereocenters. The fraction of sp³-hybridized carbons (Fsp3) is 0.318.